The molecule has 4 nitrogen and oxygen atoms in total. The van der Waals surface area contributed by atoms with Crippen LogP contribution in [0.3, 0.4) is 0 Å². The number of furan rings is 1. The Labute approximate surface area is 102 Å². The van der Waals surface area contributed by atoms with Gasteiger partial charge in [-0.25, -0.2) is 0 Å². The highest BCUT2D eigenvalue weighted by molar-refractivity contribution is 5.76. The first-order chi connectivity index (χ1) is 8.26. The Morgan fingerprint density at radius 1 is 1.65 bits per heavy atom. The van der Waals surface area contributed by atoms with Crippen molar-refractivity contribution >= 4 is 5.97 Å². The van der Waals surface area contributed by atoms with Crippen molar-refractivity contribution in [1.29, 1.82) is 0 Å². The lowest BCUT2D eigenvalue weighted by Gasteiger charge is -2.27. The molecular formula is C13H19NO3. The number of carbonyl (C=O) groups is 1. The lowest BCUT2D eigenvalue weighted by molar-refractivity contribution is -0.148. The third-order valence-electron chi connectivity index (χ3n) is 3.25. The fourth-order valence-corrected chi connectivity index (χ4v) is 2.18. The van der Waals surface area contributed by atoms with Crippen LogP contribution in [0.5, 0.6) is 0 Å². The van der Waals surface area contributed by atoms with E-state index in [2.05, 4.69) is 11.8 Å². The van der Waals surface area contributed by atoms with Crippen molar-refractivity contribution in [2.75, 3.05) is 13.7 Å². The van der Waals surface area contributed by atoms with Gasteiger partial charge in [0.1, 0.15) is 11.8 Å². The second kappa shape index (κ2) is 5.36. The Morgan fingerprint density at radius 2 is 2.41 bits per heavy atom. The van der Waals surface area contributed by atoms with Crippen LogP contribution in [0.15, 0.2) is 22.8 Å². The molecule has 0 bridgehead atoms. The lowest BCUT2D eigenvalue weighted by atomic mass is 10.1. The van der Waals surface area contributed by atoms with Crippen molar-refractivity contribution in [3.05, 3.63) is 24.2 Å². The fourth-order valence-electron chi connectivity index (χ4n) is 2.18. The maximum absolute atomic E-state index is 11.8. The third kappa shape index (κ3) is 2.88. The minimum absolute atomic E-state index is 0.116. The van der Waals surface area contributed by atoms with Crippen molar-refractivity contribution < 1.29 is 13.9 Å². The molecule has 0 spiro atoms. The molecule has 1 unspecified atom stereocenters. The summed E-state index contributed by atoms with van der Waals surface area (Å²) < 4.78 is 10.2. The fraction of sp³-hybridized carbons (Fsp3) is 0.615. The van der Waals surface area contributed by atoms with Gasteiger partial charge in [-0.1, -0.05) is 6.92 Å². The Hall–Kier alpha value is -1.29. The number of ether oxygens (including phenoxy) is 1. The monoisotopic (exact) mass is 237 g/mol. The predicted molar refractivity (Wildman–Crippen MR) is 63.3 cm³/mol. The molecule has 2 rings (SSSR count). The van der Waals surface area contributed by atoms with Crippen molar-refractivity contribution in [3.8, 4) is 0 Å². The number of esters is 1. The van der Waals surface area contributed by atoms with Crippen molar-refractivity contribution in [2.24, 2.45) is 5.92 Å². The Morgan fingerprint density at radius 3 is 2.88 bits per heavy atom. The standard InChI is InChI=1S/C13H19NO3/c1-3-14(9-11-5-4-8-17-11)12(10-6-7-10)13(15)16-2/h4-5,8,10,12H,3,6-7,9H2,1-2H3. The summed E-state index contributed by atoms with van der Waals surface area (Å²) in [5.41, 5.74) is 0. The van der Waals surface area contributed by atoms with E-state index >= 15 is 0 Å². The van der Waals surface area contributed by atoms with E-state index in [0.717, 1.165) is 25.1 Å². The van der Waals surface area contributed by atoms with Crippen LogP contribution in [0.2, 0.25) is 0 Å². The number of rotatable bonds is 6. The topological polar surface area (TPSA) is 42.7 Å². The summed E-state index contributed by atoms with van der Waals surface area (Å²) in [6.07, 6.45) is 3.90. The van der Waals surface area contributed by atoms with Gasteiger partial charge in [0.25, 0.3) is 0 Å². The summed E-state index contributed by atoms with van der Waals surface area (Å²) in [7, 11) is 1.46. The molecule has 1 heterocycles. The van der Waals surface area contributed by atoms with Gasteiger partial charge in [0.15, 0.2) is 0 Å². The summed E-state index contributed by atoms with van der Waals surface area (Å²) in [4.78, 5) is 14.0. The molecule has 1 fully saturated rings. The zero-order valence-corrected chi connectivity index (χ0v) is 10.4. The number of nitrogens with zero attached hydrogens (tertiary/aromatic N) is 1. The highest BCUT2D eigenvalue weighted by Gasteiger charge is 2.40. The van der Waals surface area contributed by atoms with Crippen LogP contribution in [0.4, 0.5) is 0 Å². The van der Waals surface area contributed by atoms with E-state index in [1.54, 1.807) is 6.26 Å². The summed E-state index contributed by atoms with van der Waals surface area (Å²) in [5.74, 6) is 1.22. The minimum atomic E-state index is -0.124. The van der Waals surface area contributed by atoms with Crippen molar-refractivity contribution in [2.45, 2.75) is 32.4 Å². The van der Waals surface area contributed by atoms with Crippen LogP contribution in [0.1, 0.15) is 25.5 Å². The van der Waals surface area contributed by atoms with E-state index in [1.807, 2.05) is 12.1 Å². The predicted octanol–water partition coefficient (Wildman–Crippen LogP) is 2.05. The molecule has 0 N–H and O–H groups in total. The van der Waals surface area contributed by atoms with E-state index in [4.69, 9.17) is 9.15 Å². The molecule has 1 aromatic heterocycles. The number of carbonyl (C=O) groups excluding carboxylic acids is 1. The van der Waals surface area contributed by atoms with E-state index < -0.39 is 0 Å². The largest absolute Gasteiger partial charge is 0.468 e. The highest BCUT2D eigenvalue weighted by atomic mass is 16.5. The summed E-state index contributed by atoms with van der Waals surface area (Å²) in [6, 6.07) is 3.69. The smallest absolute Gasteiger partial charge is 0.323 e. The summed E-state index contributed by atoms with van der Waals surface area (Å²) in [5, 5.41) is 0. The van der Waals surface area contributed by atoms with Gasteiger partial charge < -0.3 is 9.15 Å². The average molecular weight is 237 g/mol. The number of methoxy groups -OCH3 is 1. The van der Waals surface area contributed by atoms with Crippen molar-refractivity contribution in [3.63, 3.8) is 0 Å². The zero-order valence-electron chi connectivity index (χ0n) is 10.4. The molecule has 94 valence electrons. The summed E-state index contributed by atoms with van der Waals surface area (Å²) in [6.45, 7) is 3.54. The van der Waals surface area contributed by atoms with Gasteiger partial charge in [-0.2, -0.15) is 0 Å². The first-order valence-electron chi connectivity index (χ1n) is 6.10. The second-order valence-corrected chi connectivity index (χ2v) is 4.45. The number of likely N-dealkylation sites (N-methyl/N-ethyl adjacent to an activating group) is 1. The molecule has 1 atom stereocenters. The Kier molecular flexibility index (Phi) is 3.84. The molecule has 4 heteroatoms. The zero-order chi connectivity index (χ0) is 12.3. The second-order valence-electron chi connectivity index (χ2n) is 4.45. The molecule has 0 amide bonds. The molecule has 1 aliphatic rings. The van der Waals surface area contributed by atoms with Crippen molar-refractivity contribution in [1.82, 2.24) is 4.90 Å². The molecule has 0 radical (unpaired) electrons. The van der Waals surface area contributed by atoms with Gasteiger partial charge in [-0.05, 0) is 37.4 Å². The van der Waals surface area contributed by atoms with Crippen LogP contribution >= 0.6 is 0 Å². The quantitative estimate of drug-likeness (QED) is 0.710. The first-order valence-corrected chi connectivity index (χ1v) is 6.10. The van der Waals surface area contributed by atoms with Crippen LogP contribution in [-0.2, 0) is 16.1 Å². The van der Waals surface area contributed by atoms with Gasteiger partial charge in [-0.3, -0.25) is 9.69 Å². The van der Waals surface area contributed by atoms with Crippen LogP contribution in [0.25, 0.3) is 0 Å². The number of hydrogen-bond donors (Lipinski definition) is 0. The molecule has 1 aromatic rings. The molecule has 0 aliphatic heterocycles. The highest BCUT2D eigenvalue weighted by Crippen LogP contribution is 2.36. The van der Waals surface area contributed by atoms with Gasteiger partial charge in [-0.15, -0.1) is 0 Å². The average Bonchev–Trinajstić information content (AvgIpc) is 3.04. The molecule has 1 saturated carbocycles. The van der Waals surface area contributed by atoms with E-state index in [0.29, 0.717) is 12.5 Å². The maximum atomic E-state index is 11.8. The van der Waals surface area contributed by atoms with Crippen LogP contribution in [0, 0.1) is 5.92 Å². The molecule has 17 heavy (non-hydrogen) atoms. The van der Waals surface area contributed by atoms with Gasteiger partial charge in [0, 0.05) is 0 Å². The van der Waals surface area contributed by atoms with Gasteiger partial charge in [0.05, 0.1) is 19.9 Å². The van der Waals surface area contributed by atoms with Crippen LogP contribution < -0.4 is 0 Å². The van der Waals surface area contributed by atoms with E-state index in [1.165, 1.54) is 7.11 Å². The molecule has 0 aromatic carbocycles. The SMILES string of the molecule is CCN(Cc1ccco1)C(C(=O)OC)C1CC1. The van der Waals surface area contributed by atoms with Gasteiger partial charge in [0.2, 0.25) is 0 Å². The molecule has 0 saturated heterocycles. The van der Waals surface area contributed by atoms with E-state index in [-0.39, 0.29) is 12.0 Å². The lowest BCUT2D eigenvalue weighted by Crippen LogP contribution is -2.42. The Bertz CT molecular complexity index is 357. The molecular weight excluding hydrogens is 218 g/mol. The normalized spacial score (nSPS) is 17.1. The first kappa shape index (κ1) is 12.2. The maximum Gasteiger partial charge on any atom is 0.323 e. The van der Waals surface area contributed by atoms with E-state index in [9.17, 15) is 4.79 Å². The minimum Gasteiger partial charge on any atom is -0.468 e. The summed E-state index contributed by atoms with van der Waals surface area (Å²) >= 11 is 0. The van der Waals surface area contributed by atoms with Gasteiger partial charge >= 0.3 is 5.97 Å². The number of hydrogen-bond acceptors (Lipinski definition) is 4. The third-order valence-corrected chi connectivity index (χ3v) is 3.25. The van der Waals surface area contributed by atoms with Crippen LogP contribution in [-0.4, -0.2) is 30.6 Å². The Balaban J connectivity index is 2.06. The molecule has 1 aliphatic carbocycles.